The molecule has 2 aromatic rings. The summed E-state index contributed by atoms with van der Waals surface area (Å²) < 4.78 is 37.4. The summed E-state index contributed by atoms with van der Waals surface area (Å²) in [5.74, 6) is -1.24. The highest BCUT2D eigenvalue weighted by Crippen LogP contribution is 2.46. The second-order valence-corrected chi connectivity index (χ2v) is 11.5. The van der Waals surface area contributed by atoms with Gasteiger partial charge in [0.05, 0.1) is 22.5 Å². The highest BCUT2D eigenvalue weighted by molar-refractivity contribution is 7.96. The van der Waals surface area contributed by atoms with E-state index in [0.29, 0.717) is 11.1 Å². The molecule has 0 radical (unpaired) electrons. The van der Waals surface area contributed by atoms with Crippen molar-refractivity contribution in [3.63, 3.8) is 0 Å². The molecule has 0 fully saturated rings. The van der Waals surface area contributed by atoms with Crippen molar-refractivity contribution in [1.82, 2.24) is 5.01 Å². The minimum atomic E-state index is -4.00. The first-order valence-corrected chi connectivity index (χ1v) is 15.0. The SMILES string of the molecule is CCCCN(CCCC)c1ccc(C=C2/C(=C3\C(=N)N(CC(=O)OC)N=C3OC=O)c3ccccc3S2(=O)=O)cc1. The summed E-state index contributed by atoms with van der Waals surface area (Å²) in [5.41, 5.74) is 2.23. The zero-order chi connectivity index (χ0) is 29.6. The third kappa shape index (κ3) is 6.09. The summed E-state index contributed by atoms with van der Waals surface area (Å²) in [6.07, 6.45) is 5.89. The molecular weight excluding hydrogens is 544 g/mol. The molecule has 0 amide bonds. The molecule has 0 saturated carbocycles. The molecule has 0 spiro atoms. The fourth-order valence-corrected chi connectivity index (χ4v) is 6.52. The van der Waals surface area contributed by atoms with E-state index in [2.05, 4.69) is 23.8 Å². The summed E-state index contributed by atoms with van der Waals surface area (Å²) in [6, 6.07) is 14.1. The standard InChI is InChI=1S/C30H34N4O6S/c1-4-6-16-33(17-7-5-2)22-14-12-21(13-15-22)18-25-27(23-10-8-9-11-24(23)41(25,37)38)28-29(31)34(19-26(36)39-3)32-30(28)40-20-35/h8-15,18,20,31H,4-7,16-17,19H2,1-3H3/b25-18?,28-27+,31-29?. The van der Waals surface area contributed by atoms with E-state index in [1.165, 1.54) is 13.2 Å². The lowest BCUT2D eigenvalue weighted by atomic mass is 9.97. The number of amidine groups is 1. The maximum absolute atomic E-state index is 13.8. The van der Waals surface area contributed by atoms with Gasteiger partial charge in [-0.2, -0.15) is 0 Å². The van der Waals surface area contributed by atoms with Crippen molar-refractivity contribution in [2.45, 2.75) is 44.4 Å². The normalized spacial score (nSPS) is 18.3. The van der Waals surface area contributed by atoms with Gasteiger partial charge in [-0.1, -0.05) is 57.0 Å². The number of ether oxygens (including phenoxy) is 2. The number of methoxy groups -OCH3 is 1. The number of unbranched alkanes of at least 4 members (excludes halogenated alkanes) is 2. The van der Waals surface area contributed by atoms with Crippen molar-refractivity contribution < 1.29 is 27.5 Å². The van der Waals surface area contributed by atoms with Crippen LogP contribution in [0, 0.1) is 5.41 Å². The van der Waals surface area contributed by atoms with Crippen LogP contribution in [0.4, 0.5) is 5.69 Å². The number of nitrogens with zero attached hydrogens (tertiary/aromatic N) is 3. The van der Waals surface area contributed by atoms with Crippen LogP contribution in [0.15, 0.2) is 69.0 Å². The van der Waals surface area contributed by atoms with Crippen molar-refractivity contribution in [2.75, 3.05) is 31.6 Å². The van der Waals surface area contributed by atoms with E-state index in [9.17, 15) is 18.0 Å². The van der Waals surface area contributed by atoms with E-state index in [4.69, 9.17) is 14.9 Å². The molecule has 0 atom stereocenters. The number of sulfone groups is 1. The fraction of sp³-hybridized carbons (Fsp3) is 0.333. The maximum atomic E-state index is 13.8. The molecule has 216 valence electrons. The first kappa shape index (κ1) is 29.7. The van der Waals surface area contributed by atoms with E-state index in [0.717, 1.165) is 49.5 Å². The summed E-state index contributed by atoms with van der Waals surface area (Å²) in [4.78, 5) is 25.6. The number of esters is 1. The number of hydrazone groups is 1. The Morgan fingerprint density at radius 3 is 2.29 bits per heavy atom. The third-order valence-corrected chi connectivity index (χ3v) is 8.77. The van der Waals surface area contributed by atoms with Gasteiger partial charge in [-0.3, -0.25) is 15.0 Å². The van der Waals surface area contributed by atoms with Crippen molar-refractivity contribution in [1.29, 1.82) is 5.41 Å². The smallest absolute Gasteiger partial charge is 0.327 e. The number of allylic oxidation sites excluding steroid dienone is 1. The van der Waals surface area contributed by atoms with Crippen molar-refractivity contribution >= 4 is 51.3 Å². The van der Waals surface area contributed by atoms with E-state index in [1.807, 2.05) is 24.3 Å². The maximum Gasteiger partial charge on any atom is 0.327 e. The zero-order valence-electron chi connectivity index (χ0n) is 23.4. The van der Waals surface area contributed by atoms with Crippen LogP contribution in [0.2, 0.25) is 0 Å². The Kier molecular flexibility index (Phi) is 9.38. The number of anilines is 1. The molecule has 4 rings (SSSR count). The number of fused-ring (bicyclic) bond motifs is 1. The van der Waals surface area contributed by atoms with Gasteiger partial charge < -0.3 is 14.4 Å². The van der Waals surface area contributed by atoms with Gasteiger partial charge in [-0.25, -0.2) is 13.4 Å². The molecule has 10 nitrogen and oxygen atoms in total. The molecule has 0 bridgehead atoms. The topological polar surface area (TPSA) is 129 Å². The second kappa shape index (κ2) is 12.9. The van der Waals surface area contributed by atoms with E-state index in [1.54, 1.807) is 24.3 Å². The number of rotatable bonds is 11. The van der Waals surface area contributed by atoms with Gasteiger partial charge in [-0.05, 0) is 42.7 Å². The lowest BCUT2D eigenvalue weighted by Crippen LogP contribution is -2.29. The van der Waals surface area contributed by atoms with Gasteiger partial charge in [0.2, 0.25) is 9.84 Å². The van der Waals surface area contributed by atoms with Gasteiger partial charge in [0, 0.05) is 29.9 Å². The monoisotopic (exact) mass is 578 g/mol. The number of carbonyl (C=O) groups is 2. The van der Waals surface area contributed by atoms with Gasteiger partial charge in [0.1, 0.15) is 6.54 Å². The Bertz CT molecular complexity index is 1520. The molecule has 11 heteroatoms. The predicted molar refractivity (Wildman–Crippen MR) is 158 cm³/mol. The number of benzene rings is 2. The Morgan fingerprint density at radius 2 is 1.68 bits per heavy atom. The second-order valence-electron chi connectivity index (χ2n) is 9.65. The van der Waals surface area contributed by atoms with E-state index in [-0.39, 0.29) is 39.2 Å². The molecule has 0 saturated heterocycles. The van der Waals surface area contributed by atoms with E-state index < -0.39 is 22.4 Å². The Morgan fingerprint density at radius 1 is 1.02 bits per heavy atom. The molecule has 2 aliphatic heterocycles. The Hall–Kier alpha value is -4.25. The minimum Gasteiger partial charge on any atom is -0.468 e. The summed E-state index contributed by atoms with van der Waals surface area (Å²) in [6.45, 7) is 5.94. The van der Waals surface area contributed by atoms with Gasteiger partial charge >= 0.3 is 5.97 Å². The number of nitrogens with one attached hydrogen (secondary N) is 1. The molecule has 2 aliphatic rings. The van der Waals surface area contributed by atoms with Crippen LogP contribution in [0.5, 0.6) is 0 Å². The minimum absolute atomic E-state index is 0.0114. The van der Waals surface area contributed by atoms with Gasteiger partial charge in [0.25, 0.3) is 12.4 Å². The van der Waals surface area contributed by atoms with Crippen molar-refractivity contribution in [2.24, 2.45) is 5.10 Å². The van der Waals surface area contributed by atoms with Crippen LogP contribution in [0.3, 0.4) is 0 Å². The molecule has 0 unspecified atom stereocenters. The third-order valence-electron chi connectivity index (χ3n) is 6.94. The quantitative estimate of drug-likeness (QED) is 0.302. The molecule has 0 aliphatic carbocycles. The van der Waals surface area contributed by atoms with Crippen LogP contribution in [-0.2, 0) is 28.9 Å². The van der Waals surface area contributed by atoms with Crippen LogP contribution < -0.4 is 4.90 Å². The predicted octanol–water partition coefficient (Wildman–Crippen LogP) is 4.63. The van der Waals surface area contributed by atoms with Crippen molar-refractivity contribution in [3.05, 3.63) is 70.1 Å². The molecule has 0 aromatic heterocycles. The summed E-state index contributed by atoms with van der Waals surface area (Å²) >= 11 is 0. The lowest BCUT2D eigenvalue weighted by Gasteiger charge is -2.24. The number of hydrogen-bond donors (Lipinski definition) is 1. The number of hydrogen-bond acceptors (Lipinski definition) is 9. The van der Waals surface area contributed by atoms with Crippen molar-refractivity contribution in [3.8, 4) is 0 Å². The highest BCUT2D eigenvalue weighted by atomic mass is 32.2. The van der Waals surface area contributed by atoms with Crippen LogP contribution in [0.25, 0.3) is 11.6 Å². The van der Waals surface area contributed by atoms with E-state index >= 15 is 0 Å². The molecule has 41 heavy (non-hydrogen) atoms. The Labute approximate surface area is 240 Å². The average molecular weight is 579 g/mol. The summed E-state index contributed by atoms with van der Waals surface area (Å²) in [5, 5.41) is 13.9. The largest absolute Gasteiger partial charge is 0.468 e. The summed E-state index contributed by atoms with van der Waals surface area (Å²) in [7, 11) is -2.80. The molecular formula is C30H34N4O6S. The van der Waals surface area contributed by atoms with Gasteiger partial charge in [-0.15, -0.1) is 5.10 Å². The van der Waals surface area contributed by atoms with Gasteiger partial charge in [0.15, 0.2) is 5.84 Å². The first-order chi connectivity index (χ1) is 19.8. The van der Waals surface area contributed by atoms with Crippen LogP contribution >= 0.6 is 0 Å². The number of carbonyl (C=O) groups excluding carboxylic acids is 2. The fourth-order valence-electron chi connectivity index (χ4n) is 4.80. The average Bonchev–Trinajstić information content (AvgIpc) is 3.38. The molecule has 2 aromatic carbocycles. The Balaban J connectivity index is 1.83. The molecule has 2 heterocycles. The first-order valence-electron chi connectivity index (χ1n) is 13.5. The van der Waals surface area contributed by atoms with Crippen LogP contribution in [-0.4, -0.2) is 64.3 Å². The molecule has 1 N–H and O–H groups in total. The zero-order valence-corrected chi connectivity index (χ0v) is 24.2. The van der Waals surface area contributed by atoms with Crippen LogP contribution in [0.1, 0.15) is 50.7 Å². The lowest BCUT2D eigenvalue weighted by molar-refractivity contribution is -0.140. The highest BCUT2D eigenvalue weighted by Gasteiger charge is 2.43.